The van der Waals surface area contributed by atoms with Gasteiger partial charge in [0, 0.05) is 19.2 Å². The Morgan fingerprint density at radius 3 is 2.59 bits per heavy atom. The highest BCUT2D eigenvalue weighted by Gasteiger charge is 2.15. The van der Waals surface area contributed by atoms with Crippen LogP contribution in [0.15, 0.2) is 41.2 Å². The fraction of sp³-hybridized carbons (Fsp3) is 0.0909. The molecular formula is C11H9N3O3. The van der Waals surface area contributed by atoms with Crippen LogP contribution in [0.5, 0.6) is 0 Å². The molecule has 0 N–H and O–H groups in total. The summed E-state index contributed by atoms with van der Waals surface area (Å²) in [4.78, 5) is 21.6. The molecule has 17 heavy (non-hydrogen) atoms. The van der Waals surface area contributed by atoms with E-state index in [9.17, 15) is 14.9 Å². The molecule has 0 aliphatic rings. The van der Waals surface area contributed by atoms with E-state index < -0.39 is 4.92 Å². The first-order valence-corrected chi connectivity index (χ1v) is 4.88. The molecule has 2 aromatic rings. The highest BCUT2D eigenvalue weighted by Crippen LogP contribution is 2.26. The van der Waals surface area contributed by atoms with E-state index in [1.807, 2.05) is 0 Å². The molecule has 0 unspecified atom stereocenters. The van der Waals surface area contributed by atoms with Gasteiger partial charge in [0.05, 0.1) is 16.2 Å². The fourth-order valence-electron chi connectivity index (χ4n) is 1.50. The number of nitro groups is 1. The molecule has 0 aliphatic carbocycles. The maximum Gasteiger partial charge on any atom is 0.278 e. The summed E-state index contributed by atoms with van der Waals surface area (Å²) >= 11 is 0. The Labute approximate surface area is 96.3 Å². The number of hydrogen-bond acceptors (Lipinski definition) is 4. The van der Waals surface area contributed by atoms with E-state index in [-0.39, 0.29) is 11.2 Å². The largest absolute Gasteiger partial charge is 0.278 e. The summed E-state index contributed by atoms with van der Waals surface area (Å²) in [6, 6.07) is 9.09. The number of nitrogens with zero attached hydrogens (tertiary/aromatic N) is 3. The third-order valence-corrected chi connectivity index (χ3v) is 2.34. The van der Waals surface area contributed by atoms with Crippen molar-refractivity contribution >= 4 is 5.69 Å². The Bertz CT molecular complexity index is 634. The molecule has 0 saturated carbocycles. The molecule has 0 fully saturated rings. The van der Waals surface area contributed by atoms with E-state index >= 15 is 0 Å². The maximum absolute atomic E-state index is 11.2. The molecule has 1 heterocycles. The molecule has 0 atom stereocenters. The van der Waals surface area contributed by atoms with Crippen molar-refractivity contribution in [3.8, 4) is 11.3 Å². The summed E-state index contributed by atoms with van der Waals surface area (Å²) in [5.74, 6) is 0. The van der Waals surface area contributed by atoms with Crippen LogP contribution in [0.25, 0.3) is 11.3 Å². The van der Waals surface area contributed by atoms with Crippen molar-refractivity contribution in [1.82, 2.24) is 9.78 Å². The number of nitro benzene ring substituents is 1. The van der Waals surface area contributed by atoms with Crippen molar-refractivity contribution in [1.29, 1.82) is 0 Å². The Morgan fingerprint density at radius 2 is 1.94 bits per heavy atom. The average Bonchev–Trinajstić information content (AvgIpc) is 2.32. The molecule has 1 aromatic heterocycles. The molecule has 0 saturated heterocycles. The molecule has 0 bridgehead atoms. The second-order valence-corrected chi connectivity index (χ2v) is 3.45. The molecule has 0 spiro atoms. The minimum atomic E-state index is -0.470. The smallest absolute Gasteiger partial charge is 0.268 e. The highest BCUT2D eigenvalue weighted by molar-refractivity contribution is 5.69. The first-order valence-electron chi connectivity index (χ1n) is 4.88. The molecule has 86 valence electrons. The maximum atomic E-state index is 11.2. The second-order valence-electron chi connectivity index (χ2n) is 3.45. The first kappa shape index (κ1) is 11.0. The van der Waals surface area contributed by atoms with Crippen LogP contribution in [0, 0.1) is 10.1 Å². The van der Waals surface area contributed by atoms with E-state index in [0.29, 0.717) is 11.3 Å². The third-order valence-electron chi connectivity index (χ3n) is 2.34. The van der Waals surface area contributed by atoms with E-state index in [1.165, 1.54) is 25.2 Å². The summed E-state index contributed by atoms with van der Waals surface area (Å²) in [6.07, 6.45) is 0. The number of benzene rings is 1. The molecule has 6 heteroatoms. The van der Waals surface area contributed by atoms with Crippen molar-refractivity contribution in [2.75, 3.05) is 0 Å². The van der Waals surface area contributed by atoms with Gasteiger partial charge in [-0.3, -0.25) is 14.9 Å². The molecule has 6 nitrogen and oxygen atoms in total. The summed E-state index contributed by atoms with van der Waals surface area (Å²) < 4.78 is 1.14. The van der Waals surface area contributed by atoms with Gasteiger partial charge in [-0.2, -0.15) is 5.10 Å². The van der Waals surface area contributed by atoms with Gasteiger partial charge in [0.25, 0.3) is 11.2 Å². The Kier molecular flexibility index (Phi) is 2.70. The number of aromatic nitrogens is 2. The Morgan fingerprint density at radius 1 is 1.24 bits per heavy atom. The molecule has 0 radical (unpaired) electrons. The van der Waals surface area contributed by atoms with Gasteiger partial charge < -0.3 is 0 Å². The van der Waals surface area contributed by atoms with Crippen molar-refractivity contribution in [3.63, 3.8) is 0 Å². The summed E-state index contributed by atoms with van der Waals surface area (Å²) in [5.41, 5.74) is 0.512. The second kappa shape index (κ2) is 4.17. The zero-order valence-corrected chi connectivity index (χ0v) is 9.03. The van der Waals surface area contributed by atoms with Gasteiger partial charge in [0.15, 0.2) is 0 Å². The van der Waals surface area contributed by atoms with Crippen LogP contribution in [-0.4, -0.2) is 14.7 Å². The molecular weight excluding hydrogens is 222 g/mol. The van der Waals surface area contributed by atoms with E-state index in [0.717, 1.165) is 4.68 Å². The summed E-state index contributed by atoms with van der Waals surface area (Å²) in [6.45, 7) is 0. The zero-order chi connectivity index (χ0) is 12.4. The lowest BCUT2D eigenvalue weighted by Crippen LogP contribution is -2.18. The minimum Gasteiger partial charge on any atom is -0.268 e. The van der Waals surface area contributed by atoms with Crippen molar-refractivity contribution < 1.29 is 4.92 Å². The van der Waals surface area contributed by atoms with E-state index in [4.69, 9.17) is 0 Å². The van der Waals surface area contributed by atoms with Gasteiger partial charge >= 0.3 is 0 Å². The van der Waals surface area contributed by atoms with Crippen molar-refractivity contribution in [2.24, 2.45) is 7.05 Å². The van der Waals surface area contributed by atoms with Crippen LogP contribution < -0.4 is 5.56 Å². The highest BCUT2D eigenvalue weighted by atomic mass is 16.6. The van der Waals surface area contributed by atoms with Crippen LogP contribution in [0.1, 0.15) is 0 Å². The number of rotatable bonds is 2. The van der Waals surface area contributed by atoms with Gasteiger partial charge in [-0.05, 0) is 12.1 Å². The van der Waals surface area contributed by atoms with Gasteiger partial charge in [0.1, 0.15) is 0 Å². The number of aryl methyl sites for hydroxylation is 1. The molecule has 0 amide bonds. The lowest BCUT2D eigenvalue weighted by molar-refractivity contribution is -0.384. The van der Waals surface area contributed by atoms with Gasteiger partial charge in [-0.15, -0.1) is 0 Å². The topological polar surface area (TPSA) is 78.0 Å². The van der Waals surface area contributed by atoms with Crippen LogP contribution in [-0.2, 0) is 7.05 Å². The predicted octanol–water partition coefficient (Wildman–Crippen LogP) is 1.36. The zero-order valence-electron chi connectivity index (χ0n) is 9.03. The molecule has 2 rings (SSSR count). The molecule has 0 aliphatic heterocycles. The predicted molar refractivity (Wildman–Crippen MR) is 61.6 cm³/mol. The van der Waals surface area contributed by atoms with Crippen molar-refractivity contribution in [2.45, 2.75) is 0 Å². The van der Waals surface area contributed by atoms with Gasteiger partial charge in [0.2, 0.25) is 0 Å². The third kappa shape index (κ3) is 2.05. The van der Waals surface area contributed by atoms with Crippen LogP contribution in [0.2, 0.25) is 0 Å². The quantitative estimate of drug-likeness (QED) is 0.577. The summed E-state index contributed by atoms with van der Waals surface area (Å²) in [7, 11) is 1.50. The SMILES string of the molecule is Cn1nc(-c2ccccc2[N+](=O)[O-])ccc1=O. The average molecular weight is 231 g/mol. The Balaban J connectivity index is 2.64. The first-order chi connectivity index (χ1) is 8.09. The number of para-hydroxylation sites is 1. The Hall–Kier alpha value is -2.50. The van der Waals surface area contributed by atoms with Crippen LogP contribution in [0.3, 0.4) is 0 Å². The minimum absolute atomic E-state index is 0.0290. The van der Waals surface area contributed by atoms with Gasteiger partial charge in [-0.25, -0.2) is 4.68 Å². The lowest BCUT2D eigenvalue weighted by Gasteiger charge is -2.03. The van der Waals surface area contributed by atoms with E-state index in [1.54, 1.807) is 18.2 Å². The van der Waals surface area contributed by atoms with Gasteiger partial charge in [-0.1, -0.05) is 12.1 Å². The van der Waals surface area contributed by atoms with Crippen LogP contribution in [0.4, 0.5) is 5.69 Å². The van der Waals surface area contributed by atoms with Crippen LogP contribution >= 0.6 is 0 Å². The normalized spacial score (nSPS) is 10.2. The monoisotopic (exact) mass is 231 g/mol. The standard InChI is InChI=1S/C11H9N3O3/c1-13-11(15)7-6-9(12-13)8-4-2-3-5-10(8)14(16)17/h2-7H,1H3. The molecule has 1 aromatic carbocycles. The fourth-order valence-corrected chi connectivity index (χ4v) is 1.50. The number of hydrogen-bond donors (Lipinski definition) is 0. The lowest BCUT2D eigenvalue weighted by atomic mass is 10.1. The van der Waals surface area contributed by atoms with E-state index in [2.05, 4.69) is 5.10 Å². The summed E-state index contributed by atoms with van der Waals surface area (Å²) in [5, 5.41) is 14.8. The van der Waals surface area contributed by atoms with Crippen molar-refractivity contribution in [3.05, 3.63) is 56.9 Å².